The molecule has 0 spiro atoms. The predicted molar refractivity (Wildman–Crippen MR) is 94.1 cm³/mol. The van der Waals surface area contributed by atoms with Crippen molar-refractivity contribution in [2.45, 2.75) is 20.5 Å². The minimum atomic E-state index is -0.495. The van der Waals surface area contributed by atoms with Gasteiger partial charge in [0.15, 0.2) is 0 Å². The van der Waals surface area contributed by atoms with Crippen molar-refractivity contribution in [3.63, 3.8) is 0 Å². The van der Waals surface area contributed by atoms with Gasteiger partial charge in [0.2, 0.25) is 0 Å². The Morgan fingerprint density at radius 3 is 2.48 bits per heavy atom. The number of rotatable bonds is 6. The van der Waals surface area contributed by atoms with Crippen LogP contribution in [-0.4, -0.2) is 6.61 Å². The molecule has 0 bridgehead atoms. The smallest absolute Gasteiger partial charge is 0.148 e. The van der Waals surface area contributed by atoms with Crippen LogP contribution in [0.25, 0.3) is 6.08 Å². The monoisotopic (exact) mass is 314 g/mol. The molecule has 122 valence electrons. The molecule has 2 aromatic carbocycles. The molecule has 0 aliphatic rings. The van der Waals surface area contributed by atoms with Crippen LogP contribution in [0.4, 0.5) is 15.8 Å². The van der Waals surface area contributed by atoms with Crippen LogP contribution < -0.4 is 11.5 Å². The van der Waals surface area contributed by atoms with E-state index in [1.54, 1.807) is 6.07 Å². The van der Waals surface area contributed by atoms with Gasteiger partial charge in [0.25, 0.3) is 0 Å². The third kappa shape index (κ3) is 5.11. The molecule has 0 unspecified atom stereocenters. The third-order valence-electron chi connectivity index (χ3n) is 3.50. The molecule has 4 heteroatoms. The number of nitrogens with two attached hydrogens (primary N) is 2. The van der Waals surface area contributed by atoms with E-state index in [0.29, 0.717) is 24.5 Å². The van der Waals surface area contributed by atoms with Crippen molar-refractivity contribution in [2.75, 3.05) is 18.1 Å². The van der Waals surface area contributed by atoms with E-state index >= 15 is 0 Å². The highest BCUT2D eigenvalue weighted by Gasteiger charge is 2.14. The van der Waals surface area contributed by atoms with Crippen molar-refractivity contribution >= 4 is 17.5 Å². The highest BCUT2D eigenvalue weighted by atomic mass is 19.1. The zero-order chi connectivity index (χ0) is 16.9. The maximum atomic E-state index is 13.3. The van der Waals surface area contributed by atoms with Crippen molar-refractivity contribution in [3.8, 4) is 0 Å². The quantitative estimate of drug-likeness (QED) is 0.784. The highest BCUT2D eigenvalue weighted by molar-refractivity contribution is 5.69. The van der Waals surface area contributed by atoms with Crippen molar-refractivity contribution < 1.29 is 9.13 Å². The number of halogens is 1. The van der Waals surface area contributed by atoms with E-state index in [1.807, 2.05) is 42.5 Å². The van der Waals surface area contributed by atoms with Crippen LogP contribution in [0, 0.1) is 11.2 Å². The van der Waals surface area contributed by atoms with Gasteiger partial charge in [-0.25, -0.2) is 4.39 Å². The molecular formula is C19H23FN2O. The Labute approximate surface area is 136 Å². The normalized spacial score (nSPS) is 12.0. The Hall–Kier alpha value is -2.33. The van der Waals surface area contributed by atoms with Gasteiger partial charge in [-0.15, -0.1) is 0 Å². The summed E-state index contributed by atoms with van der Waals surface area (Å²) in [6, 6.07) is 12.8. The molecule has 0 aliphatic heterocycles. The number of hydrogen-bond acceptors (Lipinski definition) is 3. The molecule has 0 aromatic heterocycles. The minimum Gasteiger partial charge on any atom is -0.398 e. The average molecular weight is 314 g/mol. The zero-order valence-electron chi connectivity index (χ0n) is 13.6. The van der Waals surface area contributed by atoms with E-state index in [9.17, 15) is 4.39 Å². The van der Waals surface area contributed by atoms with Gasteiger partial charge in [-0.2, -0.15) is 0 Å². The first-order valence-corrected chi connectivity index (χ1v) is 7.53. The van der Waals surface area contributed by atoms with Crippen LogP contribution in [0.2, 0.25) is 0 Å². The second kappa shape index (κ2) is 7.29. The van der Waals surface area contributed by atoms with Crippen molar-refractivity contribution in [1.29, 1.82) is 0 Å². The maximum Gasteiger partial charge on any atom is 0.148 e. The summed E-state index contributed by atoms with van der Waals surface area (Å²) in [6.07, 6.45) is 3.86. The summed E-state index contributed by atoms with van der Waals surface area (Å²) >= 11 is 0. The first kappa shape index (κ1) is 17.0. The molecule has 23 heavy (non-hydrogen) atoms. The van der Waals surface area contributed by atoms with Crippen molar-refractivity contribution in [1.82, 2.24) is 0 Å². The summed E-state index contributed by atoms with van der Waals surface area (Å²) in [5.41, 5.74) is 13.5. The van der Waals surface area contributed by atoms with Crippen LogP contribution >= 0.6 is 0 Å². The molecule has 0 fully saturated rings. The van der Waals surface area contributed by atoms with Crippen molar-refractivity contribution in [3.05, 3.63) is 65.5 Å². The first-order valence-electron chi connectivity index (χ1n) is 7.53. The van der Waals surface area contributed by atoms with Crippen LogP contribution in [0.3, 0.4) is 0 Å². The molecule has 0 saturated carbocycles. The largest absolute Gasteiger partial charge is 0.398 e. The number of hydrogen-bond donors (Lipinski definition) is 2. The van der Waals surface area contributed by atoms with E-state index in [-0.39, 0.29) is 11.1 Å². The fourth-order valence-corrected chi connectivity index (χ4v) is 2.14. The number of nitrogen functional groups attached to an aromatic ring is 2. The third-order valence-corrected chi connectivity index (χ3v) is 3.50. The second-order valence-electron chi connectivity index (χ2n) is 6.30. The van der Waals surface area contributed by atoms with Gasteiger partial charge in [-0.05, 0) is 23.3 Å². The number of benzene rings is 2. The standard InChI is InChI=1S/C19H23FN2O/c1-19(2,13-23-12-14-6-4-3-5-7-14)9-8-15-10-18(22)16(20)11-17(15)21/h3-11H,12-13,21-22H2,1-2H3/b9-8+. The lowest BCUT2D eigenvalue weighted by Gasteiger charge is -2.20. The Morgan fingerprint density at radius 2 is 1.78 bits per heavy atom. The van der Waals surface area contributed by atoms with E-state index in [1.165, 1.54) is 6.07 Å². The average Bonchev–Trinajstić information content (AvgIpc) is 2.50. The SMILES string of the molecule is CC(C)(/C=C/c1cc(N)c(F)cc1N)COCc1ccccc1. The van der Waals surface area contributed by atoms with Crippen LogP contribution in [0.15, 0.2) is 48.5 Å². The fourth-order valence-electron chi connectivity index (χ4n) is 2.14. The summed E-state index contributed by atoms with van der Waals surface area (Å²) in [5, 5.41) is 0. The molecule has 2 aromatic rings. The molecule has 0 radical (unpaired) electrons. The first-order chi connectivity index (χ1) is 10.9. The molecule has 2 rings (SSSR count). The second-order valence-corrected chi connectivity index (χ2v) is 6.30. The summed E-state index contributed by atoms with van der Waals surface area (Å²) in [7, 11) is 0. The Bertz CT molecular complexity index is 681. The Balaban J connectivity index is 1.96. The van der Waals surface area contributed by atoms with E-state index in [0.717, 1.165) is 5.56 Å². The van der Waals surface area contributed by atoms with Crippen LogP contribution in [0.5, 0.6) is 0 Å². The van der Waals surface area contributed by atoms with E-state index in [2.05, 4.69) is 13.8 Å². The van der Waals surface area contributed by atoms with E-state index < -0.39 is 5.82 Å². The number of ether oxygens (including phenoxy) is 1. The lowest BCUT2D eigenvalue weighted by molar-refractivity contribution is 0.0720. The lowest BCUT2D eigenvalue weighted by Crippen LogP contribution is -2.16. The molecule has 0 aliphatic carbocycles. The molecule has 0 amide bonds. The molecule has 0 heterocycles. The molecule has 0 saturated heterocycles. The molecule has 0 atom stereocenters. The predicted octanol–water partition coefficient (Wildman–Crippen LogP) is 4.25. The maximum absolute atomic E-state index is 13.3. The van der Waals surface area contributed by atoms with Gasteiger partial charge in [0, 0.05) is 11.1 Å². The highest BCUT2D eigenvalue weighted by Crippen LogP contribution is 2.25. The van der Waals surface area contributed by atoms with Gasteiger partial charge in [-0.3, -0.25) is 0 Å². The van der Waals surface area contributed by atoms with Gasteiger partial charge < -0.3 is 16.2 Å². The van der Waals surface area contributed by atoms with Crippen molar-refractivity contribution in [2.24, 2.45) is 5.41 Å². The Kier molecular flexibility index (Phi) is 5.40. The summed E-state index contributed by atoms with van der Waals surface area (Å²) in [5.74, 6) is -0.495. The van der Waals surface area contributed by atoms with Crippen LogP contribution in [0.1, 0.15) is 25.0 Å². The van der Waals surface area contributed by atoms with Gasteiger partial charge >= 0.3 is 0 Å². The fraction of sp³-hybridized carbons (Fsp3) is 0.263. The van der Waals surface area contributed by atoms with E-state index in [4.69, 9.17) is 16.2 Å². The Morgan fingerprint density at radius 1 is 1.09 bits per heavy atom. The van der Waals surface area contributed by atoms with Gasteiger partial charge in [0.1, 0.15) is 5.82 Å². The lowest BCUT2D eigenvalue weighted by atomic mass is 9.93. The minimum absolute atomic E-state index is 0.0944. The van der Waals surface area contributed by atoms with Gasteiger partial charge in [-0.1, -0.05) is 56.3 Å². The zero-order valence-corrected chi connectivity index (χ0v) is 13.6. The molecule has 4 N–H and O–H groups in total. The summed E-state index contributed by atoms with van der Waals surface area (Å²) in [4.78, 5) is 0. The van der Waals surface area contributed by atoms with Gasteiger partial charge in [0.05, 0.1) is 18.9 Å². The summed E-state index contributed by atoms with van der Waals surface area (Å²) in [6.45, 7) is 5.27. The number of anilines is 2. The van der Waals surface area contributed by atoms with Crippen LogP contribution in [-0.2, 0) is 11.3 Å². The topological polar surface area (TPSA) is 61.3 Å². The molecule has 3 nitrogen and oxygen atoms in total. The molecular weight excluding hydrogens is 291 g/mol. The summed E-state index contributed by atoms with van der Waals surface area (Å²) < 4.78 is 19.1.